The number of piperidine rings is 1. The Morgan fingerprint density at radius 3 is 2.75 bits per heavy atom. The van der Waals surface area contributed by atoms with Crippen molar-refractivity contribution in [2.75, 3.05) is 26.2 Å². The van der Waals surface area contributed by atoms with Gasteiger partial charge in [0.1, 0.15) is 0 Å². The number of hydrogen-bond donors (Lipinski definition) is 0. The van der Waals surface area contributed by atoms with Crippen LogP contribution < -0.4 is 0 Å². The number of nitrogens with zero attached hydrogens (tertiary/aromatic N) is 4. The Bertz CT molecular complexity index is 592. The third-order valence-corrected chi connectivity index (χ3v) is 6.40. The Kier molecular flexibility index (Phi) is 4.37. The summed E-state index contributed by atoms with van der Waals surface area (Å²) in [5.41, 5.74) is 1.16. The van der Waals surface area contributed by atoms with Gasteiger partial charge in [0.2, 0.25) is 5.91 Å². The Hall–Kier alpha value is -1.36. The molecule has 5 nitrogen and oxygen atoms in total. The summed E-state index contributed by atoms with van der Waals surface area (Å²) in [6.07, 6.45) is 12.8. The molecule has 4 rings (SSSR count). The van der Waals surface area contributed by atoms with Crippen LogP contribution in [0.4, 0.5) is 0 Å². The van der Waals surface area contributed by atoms with Gasteiger partial charge in [0.05, 0.1) is 17.4 Å². The molecule has 1 saturated carbocycles. The van der Waals surface area contributed by atoms with Crippen LogP contribution in [0.2, 0.25) is 0 Å². The van der Waals surface area contributed by atoms with Gasteiger partial charge in [-0.25, -0.2) is 4.98 Å². The molecule has 24 heavy (non-hydrogen) atoms. The van der Waals surface area contributed by atoms with Crippen molar-refractivity contribution in [2.24, 2.45) is 18.4 Å². The number of aryl methyl sites for hydroxylation is 1. The van der Waals surface area contributed by atoms with Crippen LogP contribution in [0.1, 0.15) is 50.6 Å². The number of rotatable bonds is 4. The van der Waals surface area contributed by atoms with E-state index in [2.05, 4.69) is 19.4 Å². The van der Waals surface area contributed by atoms with Gasteiger partial charge in [0, 0.05) is 39.4 Å². The molecule has 0 N–H and O–H groups in total. The molecule has 3 heterocycles. The van der Waals surface area contributed by atoms with Crippen LogP contribution in [0.5, 0.6) is 0 Å². The monoisotopic (exact) mass is 330 g/mol. The van der Waals surface area contributed by atoms with E-state index in [0.29, 0.717) is 5.91 Å². The van der Waals surface area contributed by atoms with Crippen molar-refractivity contribution < 1.29 is 4.79 Å². The molecule has 1 amide bonds. The predicted octanol–water partition coefficient (Wildman–Crippen LogP) is 2.42. The van der Waals surface area contributed by atoms with Crippen molar-refractivity contribution in [3.8, 4) is 0 Å². The molecule has 1 aromatic rings. The van der Waals surface area contributed by atoms with Gasteiger partial charge >= 0.3 is 0 Å². The lowest BCUT2D eigenvalue weighted by Gasteiger charge is -2.54. The van der Waals surface area contributed by atoms with Crippen molar-refractivity contribution in [2.45, 2.75) is 51.5 Å². The molecule has 132 valence electrons. The third kappa shape index (κ3) is 2.99. The molecule has 2 aliphatic heterocycles. The lowest BCUT2D eigenvalue weighted by Crippen LogP contribution is -2.67. The molecule has 1 spiro atoms. The highest BCUT2D eigenvalue weighted by molar-refractivity contribution is 5.89. The first kappa shape index (κ1) is 16.1. The number of aromatic nitrogens is 2. The summed E-state index contributed by atoms with van der Waals surface area (Å²) < 4.78 is 2.08. The van der Waals surface area contributed by atoms with E-state index in [1.54, 1.807) is 0 Å². The number of carbonyl (C=O) groups excluding carboxylic acids is 1. The topological polar surface area (TPSA) is 41.4 Å². The molecular weight excluding hydrogens is 300 g/mol. The fourth-order valence-electron chi connectivity index (χ4n) is 5.01. The molecule has 2 saturated heterocycles. The molecule has 1 unspecified atom stereocenters. The number of imidazole rings is 1. The second-order valence-corrected chi connectivity index (χ2v) is 8.28. The van der Waals surface area contributed by atoms with Crippen LogP contribution in [0.3, 0.4) is 0 Å². The molecule has 5 heteroatoms. The first-order valence-corrected chi connectivity index (χ1v) is 9.63. The molecule has 1 aromatic heterocycles. The van der Waals surface area contributed by atoms with E-state index in [-0.39, 0.29) is 5.41 Å². The van der Waals surface area contributed by atoms with Crippen LogP contribution in [0.15, 0.2) is 12.5 Å². The lowest BCUT2D eigenvalue weighted by atomic mass is 9.71. The quantitative estimate of drug-likeness (QED) is 0.796. The maximum atomic E-state index is 12.9. The first-order chi connectivity index (χ1) is 11.7. The van der Waals surface area contributed by atoms with E-state index in [0.717, 1.165) is 51.5 Å². The fourth-order valence-corrected chi connectivity index (χ4v) is 5.01. The van der Waals surface area contributed by atoms with Crippen molar-refractivity contribution in [1.82, 2.24) is 19.4 Å². The molecule has 0 radical (unpaired) electrons. The fraction of sp³-hybridized carbons (Fsp3) is 0.789. The maximum absolute atomic E-state index is 12.9. The van der Waals surface area contributed by atoms with E-state index >= 15 is 0 Å². The summed E-state index contributed by atoms with van der Waals surface area (Å²) in [7, 11) is 2.04. The maximum Gasteiger partial charge on any atom is 0.231 e. The Labute approximate surface area is 145 Å². The summed E-state index contributed by atoms with van der Waals surface area (Å²) in [5.74, 6) is 1.19. The SMILES string of the molecule is Cn1cncc1CN1CCCC2(C1)CN(CC1CCCCC1)C2=O. The van der Waals surface area contributed by atoms with Gasteiger partial charge in [0.25, 0.3) is 0 Å². The van der Waals surface area contributed by atoms with E-state index in [9.17, 15) is 4.79 Å². The molecule has 0 bridgehead atoms. The summed E-state index contributed by atoms with van der Waals surface area (Å²) in [6, 6.07) is 0. The van der Waals surface area contributed by atoms with Crippen molar-refractivity contribution in [1.29, 1.82) is 0 Å². The van der Waals surface area contributed by atoms with Gasteiger partial charge in [-0.15, -0.1) is 0 Å². The smallest absolute Gasteiger partial charge is 0.231 e. The largest absolute Gasteiger partial charge is 0.341 e. The van der Waals surface area contributed by atoms with Gasteiger partial charge in [-0.3, -0.25) is 9.69 Å². The van der Waals surface area contributed by atoms with Crippen molar-refractivity contribution >= 4 is 5.91 Å². The molecule has 3 aliphatic rings. The van der Waals surface area contributed by atoms with Crippen LogP contribution in [0, 0.1) is 11.3 Å². The van der Waals surface area contributed by atoms with Gasteiger partial charge in [-0.2, -0.15) is 0 Å². The lowest BCUT2D eigenvalue weighted by molar-refractivity contribution is -0.167. The predicted molar refractivity (Wildman–Crippen MR) is 93.3 cm³/mol. The van der Waals surface area contributed by atoms with Crippen molar-refractivity contribution in [3.05, 3.63) is 18.2 Å². The summed E-state index contributed by atoms with van der Waals surface area (Å²) in [4.78, 5) is 21.7. The molecule has 3 fully saturated rings. The van der Waals surface area contributed by atoms with E-state index in [1.165, 1.54) is 37.8 Å². The van der Waals surface area contributed by atoms with Gasteiger partial charge < -0.3 is 9.47 Å². The van der Waals surface area contributed by atoms with Gasteiger partial charge in [-0.05, 0) is 38.1 Å². The van der Waals surface area contributed by atoms with E-state index in [4.69, 9.17) is 0 Å². The zero-order valence-electron chi connectivity index (χ0n) is 14.9. The minimum Gasteiger partial charge on any atom is -0.341 e. The standard InChI is InChI=1S/C19H30N4O/c1-21-15-20-10-17(21)12-22-9-5-8-19(13-22)14-23(18(19)24)11-16-6-3-2-4-7-16/h10,15-16H,2-9,11-14H2,1H3. The zero-order valence-corrected chi connectivity index (χ0v) is 14.9. The van der Waals surface area contributed by atoms with Gasteiger partial charge in [-0.1, -0.05) is 19.3 Å². The van der Waals surface area contributed by atoms with Gasteiger partial charge in [0.15, 0.2) is 0 Å². The van der Waals surface area contributed by atoms with E-state index in [1.807, 2.05) is 19.6 Å². The normalized spacial score (nSPS) is 29.2. The van der Waals surface area contributed by atoms with E-state index < -0.39 is 0 Å². The number of likely N-dealkylation sites (tertiary alicyclic amines) is 2. The number of carbonyl (C=O) groups is 1. The van der Waals surface area contributed by atoms with Crippen LogP contribution in [0.25, 0.3) is 0 Å². The molecular formula is C19H30N4O. The number of β-lactam (4-membered cyclic amide) rings is 1. The Balaban J connectivity index is 1.34. The number of amides is 1. The zero-order chi connectivity index (χ0) is 16.6. The summed E-state index contributed by atoms with van der Waals surface area (Å²) in [5, 5.41) is 0. The highest BCUT2D eigenvalue weighted by Crippen LogP contribution is 2.41. The average molecular weight is 330 g/mol. The minimum atomic E-state index is -0.0779. The minimum absolute atomic E-state index is 0.0779. The third-order valence-electron chi connectivity index (χ3n) is 6.40. The van der Waals surface area contributed by atoms with Crippen LogP contribution in [-0.4, -0.2) is 51.4 Å². The second-order valence-electron chi connectivity index (χ2n) is 8.28. The first-order valence-electron chi connectivity index (χ1n) is 9.63. The van der Waals surface area contributed by atoms with Crippen molar-refractivity contribution in [3.63, 3.8) is 0 Å². The summed E-state index contributed by atoms with van der Waals surface area (Å²) >= 11 is 0. The summed E-state index contributed by atoms with van der Waals surface area (Å²) in [6.45, 7) is 4.95. The molecule has 1 atom stereocenters. The molecule has 0 aromatic carbocycles. The second kappa shape index (κ2) is 6.51. The highest BCUT2D eigenvalue weighted by atomic mass is 16.2. The van der Waals surface area contributed by atoms with Crippen LogP contribution in [-0.2, 0) is 18.4 Å². The van der Waals surface area contributed by atoms with Crippen LogP contribution >= 0.6 is 0 Å². The highest BCUT2D eigenvalue weighted by Gasteiger charge is 2.53. The Morgan fingerprint density at radius 1 is 1.21 bits per heavy atom. The Morgan fingerprint density at radius 2 is 2.04 bits per heavy atom. The average Bonchev–Trinajstić information content (AvgIpc) is 3.00. The molecule has 1 aliphatic carbocycles. The number of hydrogen-bond acceptors (Lipinski definition) is 3.